The van der Waals surface area contributed by atoms with Crippen molar-refractivity contribution < 1.29 is 0 Å². The highest BCUT2D eigenvalue weighted by Crippen LogP contribution is 2.15. The van der Waals surface area contributed by atoms with Gasteiger partial charge in [-0.2, -0.15) is 0 Å². The van der Waals surface area contributed by atoms with E-state index >= 15 is 0 Å². The highest BCUT2D eigenvalue weighted by molar-refractivity contribution is 14.0. The second-order valence-electron chi connectivity index (χ2n) is 6.22. The van der Waals surface area contributed by atoms with Crippen LogP contribution in [0.2, 0.25) is 0 Å². The third kappa shape index (κ3) is 6.53. The third-order valence-electron chi connectivity index (χ3n) is 4.28. The SMILES string of the molecule is CCNC(=NCCCn1ccc2ccccc21)NCCc1cccnc1.I. The molecule has 0 aliphatic rings. The Morgan fingerprint density at radius 1 is 1.11 bits per heavy atom. The lowest BCUT2D eigenvalue weighted by Gasteiger charge is -2.11. The summed E-state index contributed by atoms with van der Waals surface area (Å²) < 4.78 is 2.30. The summed E-state index contributed by atoms with van der Waals surface area (Å²) in [6.45, 7) is 5.58. The molecule has 0 bridgehead atoms. The normalized spacial score (nSPS) is 11.2. The molecule has 0 fully saturated rings. The largest absolute Gasteiger partial charge is 0.357 e. The highest BCUT2D eigenvalue weighted by atomic mass is 127. The van der Waals surface area contributed by atoms with E-state index in [1.165, 1.54) is 16.5 Å². The molecule has 144 valence electrons. The van der Waals surface area contributed by atoms with Crippen molar-refractivity contribution in [1.29, 1.82) is 0 Å². The molecule has 6 heteroatoms. The second-order valence-corrected chi connectivity index (χ2v) is 6.22. The number of nitrogens with zero attached hydrogens (tertiary/aromatic N) is 3. The van der Waals surface area contributed by atoms with Gasteiger partial charge in [-0.3, -0.25) is 9.98 Å². The number of aliphatic imine (C=N–C) groups is 1. The number of para-hydroxylation sites is 1. The van der Waals surface area contributed by atoms with Gasteiger partial charge in [-0.05, 0) is 48.9 Å². The molecule has 3 aromatic rings. The summed E-state index contributed by atoms with van der Waals surface area (Å²) in [7, 11) is 0. The van der Waals surface area contributed by atoms with E-state index in [0.29, 0.717) is 0 Å². The van der Waals surface area contributed by atoms with Crippen LogP contribution in [0.25, 0.3) is 10.9 Å². The zero-order chi connectivity index (χ0) is 18.0. The average molecular weight is 477 g/mol. The molecule has 0 radical (unpaired) electrons. The number of hydrogen-bond donors (Lipinski definition) is 2. The second kappa shape index (κ2) is 11.6. The van der Waals surface area contributed by atoms with Crippen LogP contribution in [-0.2, 0) is 13.0 Å². The van der Waals surface area contributed by atoms with Crippen molar-refractivity contribution in [2.24, 2.45) is 4.99 Å². The molecule has 0 saturated carbocycles. The van der Waals surface area contributed by atoms with Crippen LogP contribution >= 0.6 is 24.0 Å². The fraction of sp³-hybridized carbons (Fsp3) is 0.333. The van der Waals surface area contributed by atoms with Crippen molar-refractivity contribution in [2.75, 3.05) is 19.6 Å². The predicted molar refractivity (Wildman–Crippen MR) is 124 cm³/mol. The number of pyridine rings is 1. The first-order valence-corrected chi connectivity index (χ1v) is 9.32. The minimum atomic E-state index is 0. The number of nitrogens with one attached hydrogen (secondary N) is 2. The van der Waals surface area contributed by atoms with Crippen LogP contribution in [0.15, 0.2) is 66.0 Å². The van der Waals surface area contributed by atoms with Gasteiger partial charge in [-0.15, -0.1) is 24.0 Å². The number of fused-ring (bicyclic) bond motifs is 1. The summed E-state index contributed by atoms with van der Waals surface area (Å²) in [5.41, 5.74) is 2.52. The molecule has 2 N–H and O–H groups in total. The van der Waals surface area contributed by atoms with Gasteiger partial charge in [0.15, 0.2) is 5.96 Å². The Hall–Kier alpha value is -2.09. The highest BCUT2D eigenvalue weighted by Gasteiger charge is 2.00. The fourth-order valence-electron chi connectivity index (χ4n) is 2.98. The van der Waals surface area contributed by atoms with Gasteiger partial charge in [-0.25, -0.2) is 0 Å². The van der Waals surface area contributed by atoms with E-state index in [0.717, 1.165) is 45.0 Å². The maximum atomic E-state index is 4.69. The standard InChI is InChI=1S/C21H27N5.HI/c1-2-23-21(25-14-10-18-7-5-12-22-17-18)24-13-6-15-26-16-11-19-8-3-4-9-20(19)26;/h3-5,7-9,11-12,16-17H,2,6,10,13-15H2,1H3,(H2,23,24,25);1H. The minimum absolute atomic E-state index is 0. The zero-order valence-corrected chi connectivity index (χ0v) is 18.1. The molecule has 1 aromatic carbocycles. The topological polar surface area (TPSA) is 54.2 Å². The Morgan fingerprint density at radius 2 is 2.00 bits per heavy atom. The number of guanidine groups is 1. The number of halogens is 1. The van der Waals surface area contributed by atoms with Crippen molar-refractivity contribution in [2.45, 2.75) is 26.3 Å². The van der Waals surface area contributed by atoms with E-state index in [1.54, 1.807) is 6.20 Å². The van der Waals surface area contributed by atoms with E-state index in [2.05, 4.69) is 74.7 Å². The van der Waals surface area contributed by atoms with Crippen molar-refractivity contribution in [3.05, 3.63) is 66.6 Å². The molecule has 3 rings (SSSR count). The summed E-state index contributed by atoms with van der Waals surface area (Å²) in [4.78, 5) is 8.84. The molecule has 0 amide bonds. The molecule has 0 aliphatic heterocycles. The first kappa shape index (κ1) is 21.2. The molecule has 0 saturated heterocycles. The summed E-state index contributed by atoms with van der Waals surface area (Å²) in [6, 6.07) is 14.7. The van der Waals surface area contributed by atoms with E-state index in [4.69, 9.17) is 0 Å². The lowest BCUT2D eigenvalue weighted by molar-refractivity contribution is 0.666. The van der Waals surface area contributed by atoms with Crippen LogP contribution in [0.1, 0.15) is 18.9 Å². The summed E-state index contributed by atoms with van der Waals surface area (Å²) in [5.74, 6) is 0.883. The van der Waals surface area contributed by atoms with Crippen LogP contribution in [0.3, 0.4) is 0 Å². The molecule has 2 aromatic heterocycles. The Bertz CT molecular complexity index is 829. The van der Waals surface area contributed by atoms with Crippen molar-refractivity contribution >= 4 is 40.8 Å². The van der Waals surface area contributed by atoms with Crippen LogP contribution in [-0.4, -0.2) is 35.1 Å². The monoisotopic (exact) mass is 477 g/mol. The van der Waals surface area contributed by atoms with Gasteiger partial charge in [0.25, 0.3) is 0 Å². The zero-order valence-electron chi connectivity index (χ0n) is 15.8. The molecule has 0 unspecified atom stereocenters. The maximum absolute atomic E-state index is 4.69. The molecule has 2 heterocycles. The van der Waals surface area contributed by atoms with Gasteiger partial charge < -0.3 is 15.2 Å². The van der Waals surface area contributed by atoms with Crippen molar-refractivity contribution in [1.82, 2.24) is 20.2 Å². The van der Waals surface area contributed by atoms with Crippen LogP contribution in [0.4, 0.5) is 0 Å². The van der Waals surface area contributed by atoms with E-state index in [1.807, 2.05) is 12.3 Å². The summed E-state index contributed by atoms with van der Waals surface area (Å²) in [6.07, 6.45) is 7.82. The Morgan fingerprint density at radius 3 is 2.81 bits per heavy atom. The first-order chi connectivity index (χ1) is 12.9. The molecular formula is C21H28IN5. The Kier molecular flexibility index (Phi) is 9.10. The molecular weight excluding hydrogens is 449 g/mol. The van der Waals surface area contributed by atoms with Gasteiger partial charge in [0.05, 0.1) is 0 Å². The third-order valence-corrected chi connectivity index (χ3v) is 4.28. The Labute approximate surface area is 178 Å². The fourth-order valence-corrected chi connectivity index (χ4v) is 2.98. The van der Waals surface area contributed by atoms with E-state index in [-0.39, 0.29) is 24.0 Å². The first-order valence-electron chi connectivity index (χ1n) is 9.32. The molecule has 27 heavy (non-hydrogen) atoms. The molecule has 0 aliphatic carbocycles. The Balaban J connectivity index is 0.00000261. The number of aromatic nitrogens is 2. The summed E-state index contributed by atoms with van der Waals surface area (Å²) in [5, 5.41) is 8.00. The average Bonchev–Trinajstić information content (AvgIpc) is 3.09. The lowest BCUT2D eigenvalue weighted by atomic mass is 10.2. The number of benzene rings is 1. The molecule has 0 spiro atoms. The lowest BCUT2D eigenvalue weighted by Crippen LogP contribution is -2.38. The quantitative estimate of drug-likeness (QED) is 0.224. The van der Waals surface area contributed by atoms with Gasteiger partial charge in [-0.1, -0.05) is 24.3 Å². The van der Waals surface area contributed by atoms with E-state index < -0.39 is 0 Å². The van der Waals surface area contributed by atoms with Crippen molar-refractivity contribution in [3.8, 4) is 0 Å². The van der Waals surface area contributed by atoms with Crippen LogP contribution < -0.4 is 10.6 Å². The maximum Gasteiger partial charge on any atom is 0.191 e. The minimum Gasteiger partial charge on any atom is -0.357 e. The van der Waals surface area contributed by atoms with E-state index in [9.17, 15) is 0 Å². The van der Waals surface area contributed by atoms with Gasteiger partial charge >= 0.3 is 0 Å². The van der Waals surface area contributed by atoms with Gasteiger partial charge in [0.2, 0.25) is 0 Å². The number of aryl methyl sites for hydroxylation is 1. The predicted octanol–water partition coefficient (Wildman–Crippen LogP) is 3.84. The number of rotatable bonds is 8. The number of hydrogen-bond acceptors (Lipinski definition) is 2. The molecule has 5 nitrogen and oxygen atoms in total. The van der Waals surface area contributed by atoms with Crippen LogP contribution in [0, 0.1) is 0 Å². The van der Waals surface area contributed by atoms with Crippen LogP contribution in [0.5, 0.6) is 0 Å². The summed E-state index contributed by atoms with van der Waals surface area (Å²) >= 11 is 0. The van der Waals surface area contributed by atoms with Gasteiger partial charge in [0.1, 0.15) is 0 Å². The smallest absolute Gasteiger partial charge is 0.191 e. The van der Waals surface area contributed by atoms with Crippen molar-refractivity contribution in [3.63, 3.8) is 0 Å². The van der Waals surface area contributed by atoms with Gasteiger partial charge in [0, 0.05) is 50.3 Å². The molecule has 0 atom stereocenters.